The molecule has 5 nitrogen and oxygen atoms in total. The Labute approximate surface area is 127 Å². The van der Waals surface area contributed by atoms with Crippen LogP contribution >= 0.6 is 11.9 Å². The molecule has 6 heteroatoms. The van der Waals surface area contributed by atoms with Gasteiger partial charge in [-0.1, -0.05) is 24.3 Å². The molecule has 0 bridgehead atoms. The smallest absolute Gasteiger partial charge is 0.322 e. The number of hydrogen-bond acceptors (Lipinski definition) is 4. The van der Waals surface area contributed by atoms with Gasteiger partial charge in [-0.2, -0.15) is 0 Å². The van der Waals surface area contributed by atoms with E-state index in [-0.39, 0.29) is 6.03 Å². The molecule has 0 saturated carbocycles. The lowest BCUT2D eigenvalue weighted by molar-refractivity contribution is 0.0565. The minimum absolute atomic E-state index is 0.0865. The number of benzene rings is 2. The van der Waals surface area contributed by atoms with Gasteiger partial charge >= 0.3 is 6.03 Å². The zero-order chi connectivity index (χ0) is 14.7. The lowest BCUT2D eigenvalue weighted by atomic mass is 10.1. The molecule has 2 amide bonds. The summed E-state index contributed by atoms with van der Waals surface area (Å²) in [5.74, 6) is 0. The van der Waals surface area contributed by atoms with Crippen LogP contribution in [0, 0.1) is 0 Å². The van der Waals surface area contributed by atoms with Crippen LogP contribution < -0.4 is 10.5 Å². The fraction of sp³-hybridized carbons (Fsp3) is 0.267. The normalized spacial score (nSPS) is 15.2. The van der Waals surface area contributed by atoms with Crippen LogP contribution in [0.3, 0.4) is 0 Å². The molecule has 0 spiro atoms. The van der Waals surface area contributed by atoms with Crippen LogP contribution in [0.4, 0.5) is 10.5 Å². The van der Waals surface area contributed by atoms with Gasteiger partial charge in [-0.05, 0) is 29.5 Å². The molecule has 3 N–H and O–H groups in total. The summed E-state index contributed by atoms with van der Waals surface area (Å²) in [6.45, 7) is 2.44. The highest BCUT2D eigenvalue weighted by Crippen LogP contribution is 2.30. The Bertz CT molecular complexity index is 656. The first-order chi connectivity index (χ1) is 10.3. The molecule has 2 aromatic rings. The van der Waals surface area contributed by atoms with Crippen molar-refractivity contribution in [3.8, 4) is 0 Å². The fourth-order valence-electron chi connectivity index (χ4n) is 2.45. The third-order valence-electron chi connectivity index (χ3n) is 3.55. The number of amides is 2. The van der Waals surface area contributed by atoms with Crippen molar-refractivity contribution in [2.75, 3.05) is 31.6 Å². The Morgan fingerprint density at radius 2 is 1.86 bits per heavy atom. The van der Waals surface area contributed by atoms with E-state index in [1.165, 1.54) is 11.9 Å². The number of nitrogens with two attached hydrogens (primary N) is 1. The Kier molecular flexibility index (Phi) is 4.28. The summed E-state index contributed by atoms with van der Waals surface area (Å²) in [4.78, 5) is 15.1. The molecule has 3 rings (SSSR count). The van der Waals surface area contributed by atoms with Crippen LogP contribution in [0.15, 0.2) is 41.3 Å². The maximum absolute atomic E-state index is 12.3. The standard InChI is InChI=1S/C15H17N3O2S/c16-21-14-6-2-3-11-12(14)4-1-5-13(11)17-15(19)18-7-9-20-10-8-18/h1-6H,7-10,16H2,(H,17,19). The molecule has 1 saturated heterocycles. The van der Waals surface area contributed by atoms with E-state index in [0.29, 0.717) is 26.3 Å². The van der Waals surface area contributed by atoms with Gasteiger partial charge in [-0.25, -0.2) is 4.79 Å². The monoisotopic (exact) mass is 303 g/mol. The number of nitrogens with one attached hydrogen (secondary N) is 1. The molecule has 110 valence electrons. The van der Waals surface area contributed by atoms with Crippen molar-refractivity contribution >= 4 is 34.4 Å². The lowest BCUT2D eigenvalue weighted by Crippen LogP contribution is -2.43. The summed E-state index contributed by atoms with van der Waals surface area (Å²) < 4.78 is 5.26. The van der Waals surface area contributed by atoms with E-state index in [1.54, 1.807) is 4.90 Å². The molecule has 1 aliphatic rings. The second-order valence-electron chi connectivity index (χ2n) is 4.80. The SMILES string of the molecule is NSc1cccc2c(NC(=O)N3CCOCC3)cccc12. The fourth-order valence-corrected chi connectivity index (χ4v) is 2.92. The maximum atomic E-state index is 12.3. The number of urea groups is 1. The van der Waals surface area contributed by atoms with Gasteiger partial charge in [0.2, 0.25) is 0 Å². The van der Waals surface area contributed by atoms with Crippen molar-refractivity contribution in [2.24, 2.45) is 5.14 Å². The molecule has 0 atom stereocenters. The molecule has 21 heavy (non-hydrogen) atoms. The van der Waals surface area contributed by atoms with Gasteiger partial charge < -0.3 is 15.0 Å². The van der Waals surface area contributed by atoms with Crippen molar-refractivity contribution in [1.29, 1.82) is 0 Å². The van der Waals surface area contributed by atoms with Crippen LogP contribution in [0.25, 0.3) is 10.8 Å². The van der Waals surface area contributed by atoms with Crippen LogP contribution in [0.2, 0.25) is 0 Å². The van der Waals surface area contributed by atoms with E-state index in [1.807, 2.05) is 36.4 Å². The predicted molar refractivity (Wildman–Crippen MR) is 85.4 cm³/mol. The number of carbonyl (C=O) groups excluding carboxylic acids is 1. The lowest BCUT2D eigenvalue weighted by Gasteiger charge is -2.27. The minimum Gasteiger partial charge on any atom is -0.378 e. The highest BCUT2D eigenvalue weighted by Gasteiger charge is 2.17. The largest absolute Gasteiger partial charge is 0.378 e. The van der Waals surface area contributed by atoms with E-state index >= 15 is 0 Å². The second-order valence-corrected chi connectivity index (χ2v) is 5.48. The van der Waals surface area contributed by atoms with E-state index < -0.39 is 0 Å². The van der Waals surface area contributed by atoms with Gasteiger partial charge in [0.1, 0.15) is 0 Å². The zero-order valence-corrected chi connectivity index (χ0v) is 12.4. The van der Waals surface area contributed by atoms with Crippen LogP contribution in [-0.2, 0) is 4.74 Å². The summed E-state index contributed by atoms with van der Waals surface area (Å²) in [6.07, 6.45) is 0. The summed E-state index contributed by atoms with van der Waals surface area (Å²) in [6, 6.07) is 11.7. The van der Waals surface area contributed by atoms with Gasteiger partial charge in [-0.15, -0.1) is 0 Å². The average Bonchev–Trinajstić information content (AvgIpc) is 2.55. The number of nitrogens with zero attached hydrogens (tertiary/aromatic N) is 1. The summed E-state index contributed by atoms with van der Waals surface area (Å²) in [5.41, 5.74) is 0.805. The topological polar surface area (TPSA) is 67.6 Å². The van der Waals surface area contributed by atoms with Crippen LogP contribution in [0.5, 0.6) is 0 Å². The zero-order valence-electron chi connectivity index (χ0n) is 11.5. The van der Waals surface area contributed by atoms with Gasteiger partial charge in [0.25, 0.3) is 0 Å². The van der Waals surface area contributed by atoms with Crippen molar-refractivity contribution < 1.29 is 9.53 Å². The van der Waals surface area contributed by atoms with E-state index in [9.17, 15) is 4.79 Å². The first-order valence-corrected chi connectivity index (χ1v) is 7.70. The number of rotatable bonds is 2. The molecular weight excluding hydrogens is 286 g/mol. The number of anilines is 1. The summed E-state index contributed by atoms with van der Waals surface area (Å²) in [7, 11) is 0. The molecular formula is C15H17N3O2S. The number of fused-ring (bicyclic) bond motifs is 1. The van der Waals surface area contributed by atoms with Gasteiger partial charge in [0, 0.05) is 23.4 Å². The van der Waals surface area contributed by atoms with Gasteiger partial charge in [0.15, 0.2) is 0 Å². The molecule has 0 aliphatic carbocycles. The first kappa shape index (κ1) is 14.2. The van der Waals surface area contributed by atoms with Crippen LogP contribution in [0.1, 0.15) is 0 Å². The number of hydrogen-bond donors (Lipinski definition) is 2. The van der Waals surface area contributed by atoms with E-state index in [2.05, 4.69) is 5.32 Å². The molecule has 0 unspecified atom stereocenters. The Morgan fingerprint density at radius 3 is 2.62 bits per heavy atom. The molecule has 0 radical (unpaired) electrons. The molecule has 1 heterocycles. The summed E-state index contributed by atoms with van der Waals surface area (Å²) in [5, 5.41) is 10.7. The molecule has 2 aromatic carbocycles. The van der Waals surface area contributed by atoms with E-state index in [4.69, 9.17) is 9.88 Å². The number of carbonyl (C=O) groups is 1. The third kappa shape index (κ3) is 2.97. The number of morpholine rings is 1. The maximum Gasteiger partial charge on any atom is 0.322 e. The van der Waals surface area contributed by atoms with E-state index in [0.717, 1.165) is 21.4 Å². The molecule has 1 fully saturated rings. The average molecular weight is 303 g/mol. The van der Waals surface area contributed by atoms with Crippen molar-refractivity contribution in [1.82, 2.24) is 4.90 Å². The van der Waals surface area contributed by atoms with Crippen molar-refractivity contribution in [3.63, 3.8) is 0 Å². The summed E-state index contributed by atoms with van der Waals surface area (Å²) >= 11 is 1.21. The molecule has 0 aromatic heterocycles. The number of ether oxygens (including phenoxy) is 1. The highest BCUT2D eigenvalue weighted by molar-refractivity contribution is 7.97. The predicted octanol–water partition coefficient (Wildman–Crippen LogP) is 2.67. The first-order valence-electron chi connectivity index (χ1n) is 6.82. The Hall–Kier alpha value is -1.76. The Morgan fingerprint density at radius 1 is 1.14 bits per heavy atom. The second kappa shape index (κ2) is 6.34. The van der Waals surface area contributed by atoms with Crippen molar-refractivity contribution in [3.05, 3.63) is 36.4 Å². The van der Waals surface area contributed by atoms with Crippen LogP contribution in [-0.4, -0.2) is 37.2 Å². The Balaban J connectivity index is 1.88. The third-order valence-corrected chi connectivity index (χ3v) is 4.16. The quantitative estimate of drug-likeness (QED) is 0.837. The molecule has 1 aliphatic heterocycles. The highest BCUT2D eigenvalue weighted by atomic mass is 32.2. The minimum atomic E-state index is -0.0865. The van der Waals surface area contributed by atoms with Gasteiger partial charge in [0.05, 0.1) is 18.9 Å². The van der Waals surface area contributed by atoms with Gasteiger partial charge in [-0.3, -0.25) is 5.14 Å². The van der Waals surface area contributed by atoms with Crippen molar-refractivity contribution in [2.45, 2.75) is 4.90 Å².